The molecule has 0 atom stereocenters. The van der Waals surface area contributed by atoms with Gasteiger partial charge in [-0.3, -0.25) is 0 Å². The van der Waals surface area contributed by atoms with Crippen molar-refractivity contribution in [2.24, 2.45) is 0 Å². The highest BCUT2D eigenvalue weighted by Gasteiger charge is 1.97. The summed E-state index contributed by atoms with van der Waals surface area (Å²) in [6, 6.07) is 9.29. The molecule has 0 bridgehead atoms. The molecule has 1 rings (SSSR count). The number of rotatable bonds is 5. The molecule has 0 aliphatic carbocycles. The predicted molar refractivity (Wildman–Crippen MR) is 61.4 cm³/mol. The van der Waals surface area contributed by atoms with E-state index in [0.29, 0.717) is 0 Å². The van der Waals surface area contributed by atoms with Crippen LogP contribution in [0.2, 0.25) is 6.04 Å². The van der Waals surface area contributed by atoms with Gasteiger partial charge in [0.05, 0.1) is 6.61 Å². The van der Waals surface area contributed by atoms with E-state index in [1.165, 1.54) is 16.3 Å². The second kappa shape index (κ2) is 5.59. The number of ether oxygens (including phenoxy) is 1. The van der Waals surface area contributed by atoms with E-state index in [2.05, 4.69) is 6.58 Å². The highest BCUT2D eigenvalue weighted by molar-refractivity contribution is 6.08. The highest BCUT2D eigenvalue weighted by Crippen LogP contribution is 2.18. The molecule has 0 radical (unpaired) electrons. The minimum absolute atomic E-state index is 0.828. The molecule has 0 unspecified atom stereocenters. The third-order valence-electron chi connectivity index (χ3n) is 1.89. The summed E-state index contributed by atoms with van der Waals surface area (Å²) in [5.41, 5.74) is 1.08. The minimum Gasteiger partial charge on any atom is -0.493 e. The van der Waals surface area contributed by atoms with E-state index < -0.39 is 0 Å². The largest absolute Gasteiger partial charge is 0.493 e. The molecule has 0 saturated carbocycles. The lowest BCUT2D eigenvalue weighted by Crippen LogP contribution is -1.97. The van der Waals surface area contributed by atoms with E-state index in [4.69, 9.17) is 4.74 Å². The van der Waals surface area contributed by atoms with Crippen LogP contribution in [0.25, 0.3) is 6.08 Å². The first-order chi connectivity index (χ1) is 6.38. The van der Waals surface area contributed by atoms with Crippen LogP contribution in [0.15, 0.2) is 30.8 Å². The highest BCUT2D eigenvalue weighted by atomic mass is 28.1. The third-order valence-corrected chi connectivity index (χ3v) is 2.60. The van der Waals surface area contributed by atoms with Gasteiger partial charge in [0.2, 0.25) is 0 Å². The minimum atomic E-state index is 0.828. The summed E-state index contributed by atoms with van der Waals surface area (Å²) < 4.78 is 5.62. The van der Waals surface area contributed by atoms with Gasteiger partial charge in [0.25, 0.3) is 0 Å². The van der Waals surface area contributed by atoms with Crippen molar-refractivity contribution < 1.29 is 4.74 Å². The molecule has 0 spiro atoms. The first kappa shape index (κ1) is 10.1. The van der Waals surface area contributed by atoms with Crippen LogP contribution in [0.3, 0.4) is 0 Å². The van der Waals surface area contributed by atoms with Crippen LogP contribution in [-0.4, -0.2) is 16.8 Å². The monoisotopic (exact) mass is 192 g/mol. The molecule has 0 heterocycles. The molecule has 0 N–H and O–H groups in total. The Morgan fingerprint density at radius 2 is 2.15 bits per heavy atom. The van der Waals surface area contributed by atoms with Gasteiger partial charge >= 0.3 is 0 Å². The van der Waals surface area contributed by atoms with E-state index >= 15 is 0 Å². The summed E-state index contributed by atoms with van der Waals surface area (Å²) in [5, 5.41) is 0. The van der Waals surface area contributed by atoms with Crippen molar-refractivity contribution in [2.45, 2.75) is 12.5 Å². The van der Waals surface area contributed by atoms with Gasteiger partial charge in [0.15, 0.2) is 0 Å². The Morgan fingerprint density at radius 3 is 2.85 bits per heavy atom. The predicted octanol–water partition coefficient (Wildman–Crippen LogP) is 1.88. The third kappa shape index (κ3) is 3.07. The topological polar surface area (TPSA) is 9.23 Å². The molecule has 2 heteroatoms. The first-order valence-electron chi connectivity index (χ1n) is 4.72. The quantitative estimate of drug-likeness (QED) is 0.511. The SMILES string of the molecule is C=Cc1ccccc1OCCC[SiH3]. The molecular weight excluding hydrogens is 176 g/mol. The van der Waals surface area contributed by atoms with Gasteiger partial charge in [-0.25, -0.2) is 0 Å². The molecular formula is C11H16OSi. The van der Waals surface area contributed by atoms with Gasteiger partial charge in [-0.15, -0.1) is 0 Å². The molecule has 0 aliphatic heterocycles. The Hall–Kier alpha value is -1.02. The molecule has 13 heavy (non-hydrogen) atoms. The zero-order chi connectivity index (χ0) is 9.52. The van der Waals surface area contributed by atoms with Crippen molar-refractivity contribution in [3.63, 3.8) is 0 Å². The van der Waals surface area contributed by atoms with Crippen molar-refractivity contribution >= 4 is 16.3 Å². The average Bonchev–Trinajstić information content (AvgIpc) is 2.19. The van der Waals surface area contributed by atoms with E-state index in [1.54, 1.807) is 0 Å². The summed E-state index contributed by atoms with van der Waals surface area (Å²) in [7, 11) is 1.26. The van der Waals surface area contributed by atoms with E-state index in [0.717, 1.165) is 24.3 Å². The van der Waals surface area contributed by atoms with Crippen LogP contribution in [0.5, 0.6) is 5.75 Å². The smallest absolute Gasteiger partial charge is 0.126 e. The zero-order valence-electron chi connectivity index (χ0n) is 8.12. The molecule has 0 fully saturated rings. The van der Waals surface area contributed by atoms with Crippen LogP contribution in [0, 0.1) is 0 Å². The number of hydrogen-bond donors (Lipinski definition) is 0. The Balaban J connectivity index is 2.59. The van der Waals surface area contributed by atoms with Gasteiger partial charge in [-0.1, -0.05) is 36.9 Å². The Kier molecular flexibility index (Phi) is 4.33. The van der Waals surface area contributed by atoms with Gasteiger partial charge in [0.1, 0.15) is 5.75 Å². The van der Waals surface area contributed by atoms with Crippen molar-refractivity contribution in [3.8, 4) is 5.75 Å². The fraction of sp³-hybridized carbons (Fsp3) is 0.273. The van der Waals surface area contributed by atoms with Crippen LogP contribution < -0.4 is 4.74 Å². The summed E-state index contributed by atoms with van der Waals surface area (Å²) in [6.07, 6.45) is 2.99. The molecule has 1 aromatic carbocycles. The fourth-order valence-corrected chi connectivity index (χ4v) is 1.40. The molecule has 0 aromatic heterocycles. The lowest BCUT2D eigenvalue weighted by molar-refractivity contribution is 0.317. The second-order valence-corrected chi connectivity index (χ2v) is 3.94. The standard InChI is InChI=1S/C11H16OSi/c1-2-10-6-3-4-7-11(10)12-8-5-9-13/h2-4,6-7H,1,5,8-9H2,13H3. The van der Waals surface area contributed by atoms with Gasteiger partial charge in [-0.2, -0.15) is 0 Å². The number of benzene rings is 1. The molecule has 70 valence electrons. The molecule has 1 nitrogen and oxygen atoms in total. The van der Waals surface area contributed by atoms with Crippen molar-refractivity contribution in [2.75, 3.05) is 6.61 Å². The van der Waals surface area contributed by atoms with Crippen LogP contribution in [0.1, 0.15) is 12.0 Å². The van der Waals surface area contributed by atoms with Crippen LogP contribution in [-0.2, 0) is 0 Å². The first-order valence-corrected chi connectivity index (χ1v) is 6.14. The molecule has 0 amide bonds. The summed E-state index contributed by atoms with van der Waals surface area (Å²) >= 11 is 0. The normalized spacial score (nSPS) is 9.85. The lowest BCUT2D eigenvalue weighted by Gasteiger charge is -2.07. The van der Waals surface area contributed by atoms with Gasteiger partial charge in [-0.05, 0) is 12.5 Å². The van der Waals surface area contributed by atoms with Crippen LogP contribution >= 0.6 is 0 Å². The van der Waals surface area contributed by atoms with E-state index in [9.17, 15) is 0 Å². The summed E-state index contributed by atoms with van der Waals surface area (Å²) in [5.74, 6) is 0.951. The summed E-state index contributed by atoms with van der Waals surface area (Å²) in [4.78, 5) is 0. The lowest BCUT2D eigenvalue weighted by atomic mass is 10.2. The molecule has 1 aromatic rings. The van der Waals surface area contributed by atoms with Gasteiger partial charge < -0.3 is 4.74 Å². The molecule has 0 saturated heterocycles. The molecule has 0 aliphatic rings. The van der Waals surface area contributed by atoms with Crippen LogP contribution in [0.4, 0.5) is 0 Å². The van der Waals surface area contributed by atoms with Crippen molar-refractivity contribution in [3.05, 3.63) is 36.4 Å². The Morgan fingerprint density at radius 1 is 1.38 bits per heavy atom. The van der Waals surface area contributed by atoms with Crippen molar-refractivity contribution in [1.82, 2.24) is 0 Å². The maximum absolute atomic E-state index is 5.62. The Bertz CT molecular complexity index is 271. The average molecular weight is 192 g/mol. The van der Waals surface area contributed by atoms with Crippen molar-refractivity contribution in [1.29, 1.82) is 0 Å². The second-order valence-electron chi connectivity index (χ2n) is 2.94. The number of para-hydroxylation sites is 1. The number of hydrogen-bond acceptors (Lipinski definition) is 1. The maximum Gasteiger partial charge on any atom is 0.126 e. The van der Waals surface area contributed by atoms with E-state index in [1.807, 2.05) is 30.3 Å². The summed E-state index contributed by atoms with van der Waals surface area (Å²) in [6.45, 7) is 4.57. The maximum atomic E-state index is 5.62. The van der Waals surface area contributed by atoms with E-state index in [-0.39, 0.29) is 0 Å². The van der Waals surface area contributed by atoms with Gasteiger partial charge in [0, 0.05) is 15.8 Å². The fourth-order valence-electron chi connectivity index (χ4n) is 1.11. The Labute approximate surface area is 82.9 Å². The zero-order valence-corrected chi connectivity index (χ0v) is 10.1.